The van der Waals surface area contributed by atoms with E-state index in [4.69, 9.17) is 0 Å². The van der Waals surface area contributed by atoms with E-state index in [0.717, 1.165) is 22.9 Å². The molecule has 2 amide bonds. The Balaban J connectivity index is 1.52. The van der Waals surface area contributed by atoms with Crippen LogP contribution in [0.3, 0.4) is 0 Å². The van der Waals surface area contributed by atoms with Gasteiger partial charge in [0.1, 0.15) is 10.1 Å². The topological polar surface area (TPSA) is 75.2 Å². The number of amides is 2. The Bertz CT molecular complexity index is 838. The average molecular weight is 417 g/mol. The molecule has 6 nitrogen and oxygen atoms in total. The molecule has 0 aromatic carbocycles. The molecule has 1 aliphatic rings. The minimum Gasteiger partial charge on any atom is -0.352 e. The van der Waals surface area contributed by atoms with Gasteiger partial charge in [0.2, 0.25) is 0 Å². The Morgan fingerprint density at radius 1 is 1.04 bits per heavy atom. The Kier molecular flexibility index (Phi) is 7.33. The second kappa shape index (κ2) is 9.93. The fourth-order valence-corrected chi connectivity index (χ4v) is 4.37. The smallest absolute Gasteiger partial charge is 0.256 e. The van der Waals surface area contributed by atoms with E-state index in [9.17, 15) is 9.59 Å². The molecule has 1 fully saturated rings. The summed E-state index contributed by atoms with van der Waals surface area (Å²) in [6, 6.07) is 7.22. The normalized spacial score (nSPS) is 14.7. The first-order chi connectivity index (χ1) is 13.6. The van der Waals surface area contributed by atoms with Crippen molar-refractivity contribution in [3.05, 3.63) is 47.8 Å². The average Bonchev–Trinajstić information content (AvgIpc) is 2.77. The number of aromatic nitrogens is 2. The number of hydrogen-bond donors (Lipinski definition) is 1. The Morgan fingerprint density at radius 3 is 2.21 bits per heavy atom. The van der Waals surface area contributed by atoms with Crippen molar-refractivity contribution < 1.29 is 9.59 Å². The van der Waals surface area contributed by atoms with E-state index in [0.29, 0.717) is 36.7 Å². The summed E-state index contributed by atoms with van der Waals surface area (Å²) in [5, 5.41) is 4.53. The summed E-state index contributed by atoms with van der Waals surface area (Å²) in [4.78, 5) is 35.7. The van der Waals surface area contributed by atoms with Crippen molar-refractivity contribution in [2.45, 2.75) is 22.9 Å². The van der Waals surface area contributed by atoms with E-state index >= 15 is 0 Å². The van der Waals surface area contributed by atoms with Crippen LogP contribution in [0.2, 0.25) is 0 Å². The predicted molar refractivity (Wildman–Crippen MR) is 113 cm³/mol. The molecule has 0 spiro atoms. The summed E-state index contributed by atoms with van der Waals surface area (Å²) < 4.78 is 0. The third-order valence-corrected chi connectivity index (χ3v) is 6.28. The molecule has 0 aliphatic carbocycles. The van der Waals surface area contributed by atoms with Crippen LogP contribution >= 0.6 is 23.5 Å². The van der Waals surface area contributed by atoms with Crippen LogP contribution in [0.5, 0.6) is 0 Å². The number of rotatable bonds is 6. The highest BCUT2D eigenvalue weighted by atomic mass is 32.2. The molecule has 0 unspecified atom stereocenters. The van der Waals surface area contributed by atoms with Gasteiger partial charge in [-0.1, -0.05) is 0 Å². The Labute approximate surface area is 173 Å². The quantitative estimate of drug-likeness (QED) is 0.729. The number of nitrogens with one attached hydrogen (secondary N) is 1. The van der Waals surface area contributed by atoms with Gasteiger partial charge in [-0.2, -0.15) is 0 Å². The summed E-state index contributed by atoms with van der Waals surface area (Å²) in [5.41, 5.74) is 1.28. The lowest BCUT2D eigenvalue weighted by Gasteiger charge is -2.32. The lowest BCUT2D eigenvalue weighted by atomic mass is 9.96. The van der Waals surface area contributed by atoms with E-state index in [1.807, 2.05) is 23.5 Å². The van der Waals surface area contributed by atoms with Gasteiger partial charge in [0.15, 0.2) is 0 Å². The summed E-state index contributed by atoms with van der Waals surface area (Å²) >= 11 is 2.95. The number of carbonyl (C=O) groups is 2. The van der Waals surface area contributed by atoms with Gasteiger partial charge in [-0.25, -0.2) is 9.97 Å². The van der Waals surface area contributed by atoms with Gasteiger partial charge in [0.25, 0.3) is 11.8 Å². The van der Waals surface area contributed by atoms with Gasteiger partial charge in [-0.3, -0.25) is 9.59 Å². The molecular weight excluding hydrogens is 392 g/mol. The monoisotopic (exact) mass is 416 g/mol. The number of hydrogen-bond acceptors (Lipinski definition) is 6. The Hall–Kier alpha value is -2.06. The van der Waals surface area contributed by atoms with E-state index in [1.54, 1.807) is 30.6 Å². The molecule has 2 aromatic heterocycles. The second-order valence-corrected chi connectivity index (χ2v) is 8.16. The minimum absolute atomic E-state index is 0.0416. The lowest BCUT2D eigenvalue weighted by molar-refractivity contribution is 0.0680. The van der Waals surface area contributed by atoms with Crippen LogP contribution in [0.1, 0.15) is 33.6 Å². The van der Waals surface area contributed by atoms with Crippen LogP contribution < -0.4 is 5.32 Å². The van der Waals surface area contributed by atoms with Gasteiger partial charge < -0.3 is 10.2 Å². The molecule has 0 radical (unpaired) electrons. The number of nitrogens with zero attached hydrogens (tertiary/aromatic N) is 3. The maximum absolute atomic E-state index is 12.8. The first kappa shape index (κ1) is 20.7. The molecule has 0 saturated carbocycles. The van der Waals surface area contributed by atoms with Crippen molar-refractivity contribution in [2.75, 3.05) is 32.1 Å². The third-order valence-electron chi connectivity index (χ3n) is 4.86. The molecular formula is C20H24N4O2S2. The van der Waals surface area contributed by atoms with Crippen molar-refractivity contribution in [3.8, 4) is 0 Å². The SMILES string of the molecule is CSc1ncccc1C(=O)NCC1CCN(C(=O)c2cccnc2SC)CC1. The van der Waals surface area contributed by atoms with Crippen LogP contribution in [0.15, 0.2) is 46.7 Å². The van der Waals surface area contributed by atoms with E-state index in [2.05, 4.69) is 15.3 Å². The van der Waals surface area contributed by atoms with Crippen LogP contribution in [0, 0.1) is 5.92 Å². The molecule has 0 atom stereocenters. The van der Waals surface area contributed by atoms with E-state index in [1.165, 1.54) is 23.5 Å². The van der Waals surface area contributed by atoms with E-state index in [-0.39, 0.29) is 11.8 Å². The number of piperidine rings is 1. The summed E-state index contributed by atoms with van der Waals surface area (Å²) in [6.07, 6.45) is 9.00. The zero-order valence-corrected chi connectivity index (χ0v) is 17.7. The molecule has 1 N–H and O–H groups in total. The Morgan fingerprint density at radius 2 is 1.61 bits per heavy atom. The standard InChI is InChI=1S/C20H24N4O2S2/c1-27-18-15(5-3-9-21-18)17(25)23-13-14-7-11-24(12-8-14)20(26)16-6-4-10-22-19(16)28-2/h3-6,9-10,14H,7-8,11-13H2,1-2H3,(H,23,25). The summed E-state index contributed by atoms with van der Waals surface area (Å²) in [6.45, 7) is 2.02. The fraction of sp³-hybridized carbons (Fsp3) is 0.400. The molecule has 148 valence electrons. The molecule has 8 heteroatoms. The minimum atomic E-state index is -0.0871. The van der Waals surface area contributed by atoms with Crippen LogP contribution in [-0.4, -0.2) is 58.8 Å². The molecule has 0 bridgehead atoms. The second-order valence-electron chi connectivity index (χ2n) is 6.57. The molecule has 1 aliphatic heterocycles. The highest BCUT2D eigenvalue weighted by Crippen LogP contribution is 2.23. The maximum Gasteiger partial charge on any atom is 0.256 e. The zero-order valence-electron chi connectivity index (χ0n) is 16.1. The van der Waals surface area contributed by atoms with Crippen molar-refractivity contribution in [3.63, 3.8) is 0 Å². The maximum atomic E-state index is 12.8. The zero-order chi connectivity index (χ0) is 19.9. The van der Waals surface area contributed by atoms with Crippen LogP contribution in [-0.2, 0) is 0 Å². The van der Waals surface area contributed by atoms with Gasteiger partial charge in [-0.15, -0.1) is 23.5 Å². The van der Waals surface area contributed by atoms with Crippen molar-refractivity contribution in [2.24, 2.45) is 5.92 Å². The summed E-state index contributed by atoms with van der Waals surface area (Å²) in [5.74, 6) is 0.326. The first-order valence-corrected chi connectivity index (χ1v) is 11.6. The van der Waals surface area contributed by atoms with Gasteiger partial charge in [0.05, 0.1) is 11.1 Å². The number of pyridine rings is 2. The van der Waals surface area contributed by atoms with Crippen molar-refractivity contribution in [1.29, 1.82) is 0 Å². The highest BCUT2D eigenvalue weighted by Gasteiger charge is 2.25. The molecule has 2 aromatic rings. The third kappa shape index (κ3) is 4.86. The number of thioether (sulfide) groups is 2. The van der Waals surface area contributed by atoms with Crippen LogP contribution in [0.4, 0.5) is 0 Å². The molecule has 3 rings (SSSR count). The van der Waals surface area contributed by atoms with Gasteiger partial charge in [0, 0.05) is 32.0 Å². The summed E-state index contributed by atoms with van der Waals surface area (Å²) in [7, 11) is 0. The van der Waals surface area contributed by atoms with Crippen molar-refractivity contribution >= 4 is 35.3 Å². The van der Waals surface area contributed by atoms with E-state index < -0.39 is 0 Å². The fourth-order valence-electron chi connectivity index (χ4n) is 3.29. The van der Waals surface area contributed by atoms with Crippen molar-refractivity contribution in [1.82, 2.24) is 20.2 Å². The molecule has 3 heterocycles. The number of likely N-dealkylation sites (tertiary alicyclic amines) is 1. The molecule has 1 saturated heterocycles. The van der Waals surface area contributed by atoms with Gasteiger partial charge in [-0.05, 0) is 55.5 Å². The molecule has 28 heavy (non-hydrogen) atoms. The van der Waals surface area contributed by atoms with Crippen LogP contribution in [0.25, 0.3) is 0 Å². The first-order valence-electron chi connectivity index (χ1n) is 9.19. The van der Waals surface area contributed by atoms with Gasteiger partial charge >= 0.3 is 0 Å². The predicted octanol–water partition coefficient (Wildman–Crippen LogP) is 3.20. The number of carbonyl (C=O) groups excluding carboxylic acids is 2. The largest absolute Gasteiger partial charge is 0.352 e. The highest BCUT2D eigenvalue weighted by molar-refractivity contribution is 7.98. The lowest BCUT2D eigenvalue weighted by Crippen LogP contribution is -2.41.